The number of nitrogens with zero attached hydrogens (tertiary/aromatic N) is 2. The second-order valence-electron chi connectivity index (χ2n) is 6.35. The van der Waals surface area contributed by atoms with E-state index in [0.717, 1.165) is 47.5 Å². The van der Waals surface area contributed by atoms with Crippen molar-refractivity contribution in [2.45, 2.75) is 18.8 Å². The zero-order valence-electron chi connectivity index (χ0n) is 16.3. The smallest absolute Gasteiger partial charge is 0.433 e. The quantitative estimate of drug-likeness (QED) is 0.514. The van der Waals surface area contributed by atoms with Gasteiger partial charge in [-0.2, -0.15) is 13.2 Å². The third kappa shape index (κ3) is 6.45. The van der Waals surface area contributed by atoms with Crippen molar-refractivity contribution in [3.63, 3.8) is 0 Å². The second-order valence-corrected chi connectivity index (χ2v) is 6.35. The molecule has 0 spiro atoms. The predicted molar refractivity (Wildman–Crippen MR) is 102 cm³/mol. The minimum atomic E-state index is -4.88. The minimum Gasteiger partial charge on any atom is -0.433 e. The van der Waals surface area contributed by atoms with Crippen molar-refractivity contribution in [3.05, 3.63) is 59.7 Å². The van der Waals surface area contributed by atoms with E-state index in [9.17, 15) is 31.1 Å². The summed E-state index contributed by atoms with van der Waals surface area (Å²) < 4.78 is 89.8. The molecule has 1 atom stereocenters. The Morgan fingerprint density at radius 2 is 1.85 bits per heavy atom. The Morgan fingerprint density at radius 3 is 2.45 bits per heavy atom. The summed E-state index contributed by atoms with van der Waals surface area (Å²) in [5.41, 5.74) is -0.976. The van der Waals surface area contributed by atoms with Crippen molar-refractivity contribution in [2.75, 3.05) is 11.9 Å². The summed E-state index contributed by atoms with van der Waals surface area (Å²) in [6.45, 7) is -0.326. The van der Waals surface area contributed by atoms with E-state index in [0.29, 0.717) is 0 Å². The van der Waals surface area contributed by atoms with Crippen LogP contribution in [0.2, 0.25) is 0 Å². The highest BCUT2D eigenvalue weighted by Crippen LogP contribution is 2.30. The molecule has 3 rings (SSSR count). The highest BCUT2D eigenvalue weighted by Gasteiger charge is 2.33. The van der Waals surface area contributed by atoms with Gasteiger partial charge in [-0.3, -0.25) is 0 Å². The molecule has 0 fully saturated rings. The second kappa shape index (κ2) is 9.19. The van der Waals surface area contributed by atoms with Crippen LogP contribution < -0.4 is 10.1 Å². The number of halogens is 6. The molecule has 0 radical (unpaired) electrons. The molecule has 1 aliphatic heterocycles. The summed E-state index contributed by atoms with van der Waals surface area (Å²) in [5.74, 6) is -0.865. The third-order valence-corrected chi connectivity index (χ3v) is 3.99. The maximum atomic E-state index is 13.0. The van der Waals surface area contributed by atoms with Gasteiger partial charge in [0.05, 0.1) is 5.56 Å². The van der Waals surface area contributed by atoms with Crippen molar-refractivity contribution < 1.29 is 45.3 Å². The molecule has 13 heteroatoms. The molecule has 2 aromatic carbocycles. The first-order chi connectivity index (χ1) is 15.4. The van der Waals surface area contributed by atoms with Gasteiger partial charge in [-0.1, -0.05) is 12.5 Å². The first kappa shape index (κ1) is 23.6. The van der Waals surface area contributed by atoms with Crippen LogP contribution >= 0.6 is 0 Å². The zero-order valence-corrected chi connectivity index (χ0v) is 16.3. The Balaban J connectivity index is 1.80. The molecule has 174 valence electrons. The van der Waals surface area contributed by atoms with E-state index in [2.05, 4.69) is 15.2 Å². The molecule has 0 bridgehead atoms. The molecule has 1 unspecified atom stereocenters. The van der Waals surface area contributed by atoms with Crippen LogP contribution in [0.4, 0.5) is 36.8 Å². The van der Waals surface area contributed by atoms with Crippen molar-refractivity contribution in [2.24, 2.45) is 5.10 Å². The number of carbonyl (C=O) groups excluding carboxylic acids is 1. The molecule has 7 nitrogen and oxygen atoms in total. The Kier molecular flexibility index (Phi) is 6.57. The standard InChI is InChI=1S/C20H13F6N3O4/c1-2-31-16-11-29(18(30)27-14-6-8-15(9-7-14)33-20(24,25)26)28-17(32-16)12-4-3-5-13(10-12)19(21,22)23/h1,3-10,16H,11H2,(H,27,30). The number of hydrogen-bond donors (Lipinski definition) is 1. The molecule has 0 aliphatic carbocycles. The fourth-order valence-electron chi connectivity index (χ4n) is 2.62. The van der Waals surface area contributed by atoms with Gasteiger partial charge in [0.1, 0.15) is 18.4 Å². The summed E-state index contributed by atoms with van der Waals surface area (Å²) in [6, 6.07) is 7.39. The number of carbonyl (C=O) groups is 1. The van der Waals surface area contributed by atoms with Crippen LogP contribution in [0.3, 0.4) is 0 Å². The Hall–Kier alpha value is -4.08. The van der Waals surface area contributed by atoms with E-state index in [1.54, 1.807) is 0 Å². The number of hydrazone groups is 1. The van der Waals surface area contributed by atoms with Gasteiger partial charge in [-0.25, -0.2) is 9.80 Å². The van der Waals surface area contributed by atoms with Crippen molar-refractivity contribution in [1.29, 1.82) is 0 Å². The van der Waals surface area contributed by atoms with Crippen LogP contribution in [0.1, 0.15) is 11.1 Å². The molecule has 0 saturated heterocycles. The van der Waals surface area contributed by atoms with Crippen LogP contribution in [0.25, 0.3) is 0 Å². The van der Waals surface area contributed by atoms with Crippen LogP contribution in [0.15, 0.2) is 53.6 Å². The van der Waals surface area contributed by atoms with Gasteiger partial charge in [-0.05, 0) is 42.5 Å². The molecular formula is C20H13F6N3O4. The summed E-state index contributed by atoms with van der Waals surface area (Å²) in [5, 5.41) is 7.06. The zero-order chi connectivity index (χ0) is 24.2. The average Bonchev–Trinajstić information content (AvgIpc) is 2.73. The maximum Gasteiger partial charge on any atom is 0.573 e. The number of rotatable bonds is 4. The molecule has 2 aromatic rings. The molecule has 1 N–H and O–H groups in total. The van der Waals surface area contributed by atoms with Crippen LogP contribution in [-0.4, -0.2) is 36.1 Å². The van der Waals surface area contributed by atoms with Crippen molar-refractivity contribution >= 4 is 17.6 Å². The molecule has 1 aliphatic rings. The number of nitrogens with one attached hydrogen (secondary N) is 1. The topological polar surface area (TPSA) is 72.4 Å². The number of anilines is 1. The summed E-state index contributed by atoms with van der Waals surface area (Å²) in [6.07, 6.45) is -3.82. The van der Waals surface area contributed by atoms with Crippen molar-refractivity contribution in [1.82, 2.24) is 5.01 Å². The average molecular weight is 473 g/mol. The highest BCUT2D eigenvalue weighted by molar-refractivity contribution is 5.97. The number of amides is 2. The molecule has 2 amide bonds. The van der Waals surface area contributed by atoms with Crippen molar-refractivity contribution in [3.8, 4) is 18.3 Å². The summed E-state index contributed by atoms with van der Waals surface area (Å²) in [7, 11) is 0. The molecular weight excluding hydrogens is 460 g/mol. The Labute approximate surface area is 182 Å². The van der Waals surface area contributed by atoms with Gasteiger partial charge in [0.2, 0.25) is 5.90 Å². The number of hydrogen-bond acceptors (Lipinski definition) is 5. The molecule has 0 aromatic heterocycles. The molecule has 33 heavy (non-hydrogen) atoms. The lowest BCUT2D eigenvalue weighted by atomic mass is 10.1. The number of terminal acetylenes is 1. The van der Waals surface area contributed by atoms with E-state index in [1.807, 2.05) is 6.11 Å². The van der Waals surface area contributed by atoms with E-state index >= 15 is 0 Å². The van der Waals surface area contributed by atoms with E-state index in [4.69, 9.17) is 15.9 Å². The van der Waals surface area contributed by atoms with E-state index in [1.165, 1.54) is 6.07 Å². The monoisotopic (exact) mass is 473 g/mol. The molecule has 0 saturated carbocycles. The first-order valence-electron chi connectivity index (χ1n) is 8.93. The fourth-order valence-corrected chi connectivity index (χ4v) is 2.62. The van der Waals surface area contributed by atoms with Crippen LogP contribution in [-0.2, 0) is 15.7 Å². The Morgan fingerprint density at radius 1 is 1.15 bits per heavy atom. The first-order valence-corrected chi connectivity index (χ1v) is 8.93. The van der Waals surface area contributed by atoms with E-state index < -0.39 is 36.2 Å². The number of benzene rings is 2. The number of alkyl halides is 6. The van der Waals surface area contributed by atoms with Gasteiger partial charge >= 0.3 is 18.6 Å². The Bertz CT molecular complexity index is 1080. The normalized spacial score (nSPS) is 16.2. The summed E-state index contributed by atoms with van der Waals surface area (Å²) >= 11 is 0. The minimum absolute atomic E-state index is 0.0891. The predicted octanol–water partition coefficient (Wildman–Crippen LogP) is 4.76. The van der Waals surface area contributed by atoms with Crippen LogP contribution in [0.5, 0.6) is 5.75 Å². The lowest BCUT2D eigenvalue weighted by Crippen LogP contribution is -2.44. The highest BCUT2D eigenvalue weighted by atomic mass is 19.4. The van der Waals surface area contributed by atoms with Gasteiger partial charge in [0, 0.05) is 11.3 Å². The SMILES string of the molecule is C#COC1CN(C(=O)Nc2ccc(OC(F)(F)F)cc2)N=C(c2cccc(C(F)(F)F)c2)O1. The van der Waals surface area contributed by atoms with Crippen LogP contribution in [0, 0.1) is 12.5 Å². The van der Waals surface area contributed by atoms with Gasteiger partial charge < -0.3 is 19.5 Å². The van der Waals surface area contributed by atoms with Gasteiger partial charge in [0.15, 0.2) is 0 Å². The number of urea groups is 1. The molecule has 1 heterocycles. The maximum absolute atomic E-state index is 13.0. The summed E-state index contributed by atoms with van der Waals surface area (Å²) in [4.78, 5) is 12.6. The third-order valence-electron chi connectivity index (χ3n) is 3.99. The van der Waals surface area contributed by atoms with E-state index in [-0.39, 0.29) is 23.7 Å². The van der Waals surface area contributed by atoms with Gasteiger partial charge in [0.25, 0.3) is 6.29 Å². The largest absolute Gasteiger partial charge is 0.573 e. The number of ether oxygens (including phenoxy) is 3. The lowest BCUT2D eigenvalue weighted by Gasteiger charge is -2.29. The van der Waals surface area contributed by atoms with Gasteiger partial charge in [-0.15, -0.1) is 18.3 Å². The fraction of sp³-hybridized carbons (Fsp3) is 0.200. The lowest BCUT2D eigenvalue weighted by molar-refractivity contribution is -0.274.